The molecular formula is C19H25N7O2. The molecule has 148 valence electrons. The maximum Gasteiger partial charge on any atom is 0.341 e. The Labute approximate surface area is 164 Å². The summed E-state index contributed by atoms with van der Waals surface area (Å²) in [5.41, 5.74) is 1.27. The fourth-order valence-electron chi connectivity index (χ4n) is 2.68. The molecule has 0 radical (unpaired) electrons. The van der Waals surface area contributed by atoms with Crippen molar-refractivity contribution in [1.82, 2.24) is 20.3 Å². The average molecular weight is 383 g/mol. The molecule has 9 heteroatoms. The van der Waals surface area contributed by atoms with Crippen LogP contribution in [-0.2, 0) is 4.74 Å². The minimum atomic E-state index is -0.446. The molecule has 0 unspecified atom stereocenters. The molecule has 1 fully saturated rings. The Balaban J connectivity index is 0.00000136. The van der Waals surface area contributed by atoms with Gasteiger partial charge in [-0.05, 0) is 25.9 Å². The molecule has 0 aliphatic carbocycles. The summed E-state index contributed by atoms with van der Waals surface area (Å²) >= 11 is 0. The van der Waals surface area contributed by atoms with Crippen molar-refractivity contribution in [1.29, 1.82) is 5.26 Å². The van der Waals surface area contributed by atoms with Crippen LogP contribution in [0.2, 0.25) is 0 Å². The molecule has 3 rings (SSSR count). The van der Waals surface area contributed by atoms with E-state index in [1.54, 1.807) is 6.07 Å². The summed E-state index contributed by atoms with van der Waals surface area (Å²) in [6, 6.07) is 3.93. The van der Waals surface area contributed by atoms with E-state index in [1.165, 1.54) is 25.7 Å². The Kier molecular flexibility index (Phi) is 8.11. The number of anilines is 3. The summed E-state index contributed by atoms with van der Waals surface area (Å²) in [5, 5.41) is 18.5. The fourth-order valence-corrected chi connectivity index (χ4v) is 2.68. The monoisotopic (exact) mass is 383 g/mol. The van der Waals surface area contributed by atoms with Crippen LogP contribution < -0.4 is 16.0 Å². The van der Waals surface area contributed by atoms with Crippen molar-refractivity contribution in [2.45, 2.75) is 32.7 Å². The van der Waals surface area contributed by atoms with Gasteiger partial charge in [0.15, 0.2) is 5.69 Å². The first-order valence-corrected chi connectivity index (χ1v) is 9.24. The van der Waals surface area contributed by atoms with Crippen LogP contribution in [0.25, 0.3) is 0 Å². The van der Waals surface area contributed by atoms with Gasteiger partial charge in [0.25, 0.3) is 0 Å². The van der Waals surface area contributed by atoms with E-state index in [2.05, 4.69) is 30.9 Å². The average Bonchev–Trinajstić information content (AvgIpc) is 2.76. The molecule has 0 amide bonds. The number of nitrogens with zero attached hydrogens (tertiary/aromatic N) is 4. The lowest BCUT2D eigenvalue weighted by Crippen LogP contribution is -2.35. The number of piperidine rings is 1. The largest absolute Gasteiger partial charge is 0.465 e. The predicted octanol–water partition coefficient (Wildman–Crippen LogP) is 2.46. The molecule has 1 aliphatic heterocycles. The number of rotatable bonds is 5. The van der Waals surface area contributed by atoms with Crippen molar-refractivity contribution in [2.24, 2.45) is 0 Å². The van der Waals surface area contributed by atoms with Crippen molar-refractivity contribution >= 4 is 23.3 Å². The Morgan fingerprint density at radius 2 is 1.89 bits per heavy atom. The standard InChI is InChI=1S/C17H19N7O2.C2H6/c1-26-17(25)13-9-22-15(24-16-10-20-12(7-18)8-21-16)6-14(13)23-11-2-4-19-5-3-11;1-2/h6,8-11,19H,2-5H2,1H3,(H2,21,22,23,24);1-2H3. The van der Waals surface area contributed by atoms with Gasteiger partial charge in [0.2, 0.25) is 0 Å². The third-order valence-electron chi connectivity index (χ3n) is 4.03. The lowest BCUT2D eigenvalue weighted by Gasteiger charge is -2.25. The summed E-state index contributed by atoms with van der Waals surface area (Å²) in [4.78, 5) is 24.3. The first-order valence-electron chi connectivity index (χ1n) is 9.24. The van der Waals surface area contributed by atoms with E-state index in [1.807, 2.05) is 19.9 Å². The number of hydrogen-bond acceptors (Lipinski definition) is 9. The Morgan fingerprint density at radius 3 is 2.50 bits per heavy atom. The summed E-state index contributed by atoms with van der Waals surface area (Å²) in [6.45, 7) is 5.87. The molecule has 0 saturated carbocycles. The Hall–Kier alpha value is -3.25. The van der Waals surface area contributed by atoms with Crippen molar-refractivity contribution in [3.05, 3.63) is 35.9 Å². The number of hydrogen-bond donors (Lipinski definition) is 3. The van der Waals surface area contributed by atoms with Gasteiger partial charge in [-0.3, -0.25) is 0 Å². The number of ether oxygens (including phenoxy) is 1. The van der Waals surface area contributed by atoms with Crippen LogP contribution in [0.4, 0.5) is 17.3 Å². The third kappa shape index (κ3) is 5.62. The molecule has 0 bridgehead atoms. The van der Waals surface area contributed by atoms with Crippen LogP contribution >= 0.6 is 0 Å². The molecule has 0 atom stereocenters. The highest BCUT2D eigenvalue weighted by Crippen LogP contribution is 2.23. The lowest BCUT2D eigenvalue weighted by molar-refractivity contribution is 0.0601. The summed E-state index contributed by atoms with van der Waals surface area (Å²) in [7, 11) is 1.34. The first kappa shape index (κ1) is 21.1. The number of esters is 1. The second-order valence-electron chi connectivity index (χ2n) is 5.80. The van der Waals surface area contributed by atoms with Crippen molar-refractivity contribution in [2.75, 3.05) is 30.8 Å². The van der Waals surface area contributed by atoms with Gasteiger partial charge in [-0.15, -0.1) is 0 Å². The topological polar surface area (TPSA) is 125 Å². The van der Waals surface area contributed by atoms with Gasteiger partial charge >= 0.3 is 5.97 Å². The minimum Gasteiger partial charge on any atom is -0.465 e. The van der Waals surface area contributed by atoms with Gasteiger partial charge in [0.1, 0.15) is 23.3 Å². The van der Waals surface area contributed by atoms with Gasteiger partial charge in [-0.2, -0.15) is 5.26 Å². The van der Waals surface area contributed by atoms with E-state index in [9.17, 15) is 4.79 Å². The van der Waals surface area contributed by atoms with Gasteiger partial charge in [0, 0.05) is 18.3 Å². The molecule has 1 saturated heterocycles. The smallest absolute Gasteiger partial charge is 0.341 e. The number of nitrogens with one attached hydrogen (secondary N) is 3. The van der Waals surface area contributed by atoms with E-state index in [4.69, 9.17) is 10.00 Å². The molecule has 0 aromatic carbocycles. The number of aromatic nitrogens is 3. The number of methoxy groups -OCH3 is 1. The zero-order valence-electron chi connectivity index (χ0n) is 16.3. The molecule has 9 nitrogen and oxygen atoms in total. The highest BCUT2D eigenvalue weighted by atomic mass is 16.5. The second-order valence-corrected chi connectivity index (χ2v) is 5.80. The quantitative estimate of drug-likeness (QED) is 0.668. The van der Waals surface area contributed by atoms with Crippen LogP contribution in [0.15, 0.2) is 24.7 Å². The van der Waals surface area contributed by atoms with Crippen molar-refractivity contribution in [3.8, 4) is 6.07 Å². The highest BCUT2D eigenvalue weighted by molar-refractivity contribution is 5.95. The summed E-state index contributed by atoms with van der Waals surface area (Å²) in [5.74, 6) is 0.516. The van der Waals surface area contributed by atoms with E-state index in [0.29, 0.717) is 22.9 Å². The summed E-state index contributed by atoms with van der Waals surface area (Å²) in [6.07, 6.45) is 6.22. The fraction of sp³-hybridized carbons (Fsp3) is 0.421. The van der Waals surface area contributed by atoms with E-state index in [-0.39, 0.29) is 11.7 Å². The Bertz CT molecular complexity index is 812. The second kappa shape index (κ2) is 10.8. The van der Waals surface area contributed by atoms with Crippen LogP contribution in [0.5, 0.6) is 0 Å². The molecule has 2 aromatic rings. The van der Waals surface area contributed by atoms with Crippen molar-refractivity contribution < 1.29 is 9.53 Å². The maximum absolute atomic E-state index is 12.0. The zero-order valence-corrected chi connectivity index (χ0v) is 16.3. The van der Waals surface area contributed by atoms with E-state index in [0.717, 1.165) is 25.9 Å². The van der Waals surface area contributed by atoms with Crippen molar-refractivity contribution in [3.63, 3.8) is 0 Å². The van der Waals surface area contributed by atoms with Crippen LogP contribution in [0.1, 0.15) is 42.7 Å². The molecule has 0 spiro atoms. The highest BCUT2D eigenvalue weighted by Gasteiger charge is 2.18. The van der Waals surface area contributed by atoms with E-state index < -0.39 is 5.97 Å². The third-order valence-corrected chi connectivity index (χ3v) is 4.03. The molecule has 28 heavy (non-hydrogen) atoms. The zero-order chi connectivity index (χ0) is 20.4. The maximum atomic E-state index is 12.0. The van der Waals surface area contributed by atoms with E-state index >= 15 is 0 Å². The molecular weight excluding hydrogens is 358 g/mol. The normalized spacial score (nSPS) is 13.5. The van der Waals surface area contributed by atoms with Gasteiger partial charge in [-0.1, -0.05) is 13.8 Å². The SMILES string of the molecule is CC.COC(=O)c1cnc(Nc2cnc(C#N)cn2)cc1NC1CCNCC1. The van der Waals surface area contributed by atoms with Crippen LogP contribution in [0.3, 0.4) is 0 Å². The van der Waals surface area contributed by atoms with Crippen LogP contribution in [0, 0.1) is 11.3 Å². The minimum absolute atomic E-state index is 0.234. The predicted molar refractivity (Wildman–Crippen MR) is 106 cm³/mol. The summed E-state index contributed by atoms with van der Waals surface area (Å²) < 4.78 is 4.85. The van der Waals surface area contributed by atoms with Gasteiger partial charge in [0.05, 0.1) is 25.2 Å². The molecule has 3 heterocycles. The molecule has 2 aromatic heterocycles. The van der Waals surface area contributed by atoms with Crippen LogP contribution in [-0.4, -0.2) is 47.2 Å². The van der Waals surface area contributed by atoms with Gasteiger partial charge < -0.3 is 20.7 Å². The number of pyridine rings is 1. The lowest BCUT2D eigenvalue weighted by atomic mass is 10.1. The first-order chi connectivity index (χ1) is 13.7. The number of carbonyl (C=O) groups is 1. The Morgan fingerprint density at radius 1 is 1.18 bits per heavy atom. The van der Waals surface area contributed by atoms with Gasteiger partial charge in [-0.25, -0.2) is 19.7 Å². The molecule has 1 aliphatic rings. The number of nitriles is 1. The number of carbonyl (C=O) groups excluding carboxylic acids is 1. The molecule has 3 N–H and O–H groups in total.